The first-order valence-electron chi connectivity index (χ1n) is 4.80. The number of aldehydes is 1. The Labute approximate surface area is 82.1 Å². The summed E-state index contributed by atoms with van der Waals surface area (Å²) < 4.78 is 0. The predicted molar refractivity (Wildman–Crippen MR) is 51.8 cm³/mol. The van der Waals surface area contributed by atoms with Gasteiger partial charge in [-0.3, -0.25) is 4.79 Å². The number of hydrogen-bond donors (Lipinski definition) is 3. The highest BCUT2D eigenvalue weighted by Gasteiger charge is 2.34. The predicted octanol–water partition coefficient (Wildman–Crippen LogP) is 0.598. The Morgan fingerprint density at radius 1 is 1.57 bits per heavy atom. The number of carbonyl (C=O) groups excluding carboxylic acids is 1. The topological polar surface area (TPSA) is 79.1 Å². The molecule has 1 fully saturated rings. The van der Waals surface area contributed by atoms with E-state index >= 15 is 0 Å². The second-order valence-electron chi connectivity index (χ2n) is 3.85. The summed E-state index contributed by atoms with van der Waals surface area (Å²) in [5.74, 6) is 0.438. The second-order valence-corrected chi connectivity index (χ2v) is 3.85. The maximum atomic E-state index is 10.4. The highest BCUT2D eigenvalue weighted by atomic mass is 16.3. The quantitative estimate of drug-likeness (QED) is 0.614. The van der Waals surface area contributed by atoms with E-state index in [9.17, 15) is 9.90 Å². The molecule has 0 aliphatic heterocycles. The van der Waals surface area contributed by atoms with Gasteiger partial charge >= 0.3 is 0 Å². The van der Waals surface area contributed by atoms with E-state index in [1.54, 1.807) is 12.1 Å². The van der Waals surface area contributed by atoms with Crippen molar-refractivity contribution < 1.29 is 9.90 Å². The van der Waals surface area contributed by atoms with Crippen LogP contribution >= 0.6 is 0 Å². The summed E-state index contributed by atoms with van der Waals surface area (Å²) in [6.07, 6.45) is 2.23. The Bertz CT molecular complexity index is 331. The molecule has 0 radical (unpaired) electrons. The molecule has 2 unspecified atom stereocenters. The van der Waals surface area contributed by atoms with Crippen LogP contribution in [-0.4, -0.2) is 22.4 Å². The summed E-state index contributed by atoms with van der Waals surface area (Å²) in [7, 11) is 0. The Morgan fingerprint density at radius 3 is 2.79 bits per heavy atom. The number of nitrogens with one attached hydrogen (secondary N) is 1. The van der Waals surface area contributed by atoms with Crippen molar-refractivity contribution in [3.8, 4) is 0 Å². The van der Waals surface area contributed by atoms with Gasteiger partial charge in [-0.1, -0.05) is 0 Å². The number of H-pyrrole nitrogens is 1. The SMILES string of the molecule is NC(C1CC1)C(O)c1ccc(C=O)[nH]1. The van der Waals surface area contributed by atoms with E-state index in [1.165, 1.54) is 0 Å². The molecule has 1 saturated carbocycles. The molecular weight excluding hydrogens is 180 g/mol. The zero-order valence-electron chi connectivity index (χ0n) is 7.81. The van der Waals surface area contributed by atoms with Crippen molar-refractivity contribution in [3.05, 3.63) is 23.5 Å². The van der Waals surface area contributed by atoms with Gasteiger partial charge in [-0.2, -0.15) is 0 Å². The van der Waals surface area contributed by atoms with E-state index in [1.807, 2.05) is 0 Å². The summed E-state index contributed by atoms with van der Waals surface area (Å²) >= 11 is 0. The van der Waals surface area contributed by atoms with Gasteiger partial charge < -0.3 is 15.8 Å². The minimum Gasteiger partial charge on any atom is -0.385 e. The first-order valence-corrected chi connectivity index (χ1v) is 4.80. The molecule has 0 spiro atoms. The van der Waals surface area contributed by atoms with E-state index in [-0.39, 0.29) is 6.04 Å². The van der Waals surface area contributed by atoms with E-state index in [0.29, 0.717) is 17.3 Å². The normalized spacial score (nSPS) is 20.4. The first kappa shape index (κ1) is 9.43. The molecule has 4 nitrogen and oxygen atoms in total. The molecule has 2 rings (SSSR count). The molecule has 0 bridgehead atoms. The zero-order chi connectivity index (χ0) is 10.1. The van der Waals surface area contributed by atoms with Crippen LogP contribution in [0.5, 0.6) is 0 Å². The Hall–Kier alpha value is -1.13. The number of aromatic amines is 1. The largest absolute Gasteiger partial charge is 0.385 e. The number of rotatable bonds is 4. The van der Waals surface area contributed by atoms with Gasteiger partial charge in [0, 0.05) is 11.7 Å². The fraction of sp³-hybridized carbons (Fsp3) is 0.500. The van der Waals surface area contributed by atoms with Crippen LogP contribution in [-0.2, 0) is 0 Å². The van der Waals surface area contributed by atoms with Crippen molar-refractivity contribution in [1.29, 1.82) is 0 Å². The molecule has 1 aliphatic rings. The molecular formula is C10H14N2O2. The number of aliphatic hydroxyl groups excluding tert-OH is 1. The standard InChI is InChI=1S/C10H14N2O2/c11-9(6-1-2-6)10(14)8-4-3-7(5-13)12-8/h3-6,9-10,12,14H,1-2,11H2. The smallest absolute Gasteiger partial charge is 0.166 e. The molecule has 76 valence electrons. The zero-order valence-corrected chi connectivity index (χ0v) is 7.81. The first-order chi connectivity index (χ1) is 6.72. The van der Waals surface area contributed by atoms with Gasteiger partial charge in [-0.15, -0.1) is 0 Å². The molecule has 4 N–H and O–H groups in total. The van der Waals surface area contributed by atoms with Crippen molar-refractivity contribution in [2.24, 2.45) is 11.7 Å². The number of carbonyl (C=O) groups is 1. The van der Waals surface area contributed by atoms with E-state index < -0.39 is 6.10 Å². The fourth-order valence-corrected chi connectivity index (χ4v) is 1.62. The summed E-state index contributed by atoms with van der Waals surface area (Å²) in [5.41, 5.74) is 6.95. The average Bonchev–Trinajstić information content (AvgIpc) is 2.94. The van der Waals surface area contributed by atoms with Crippen LogP contribution in [0.15, 0.2) is 12.1 Å². The average molecular weight is 194 g/mol. The molecule has 4 heteroatoms. The molecule has 1 aliphatic carbocycles. The van der Waals surface area contributed by atoms with E-state index in [4.69, 9.17) is 5.73 Å². The third kappa shape index (κ3) is 1.71. The van der Waals surface area contributed by atoms with Gasteiger partial charge in [0.2, 0.25) is 0 Å². The van der Waals surface area contributed by atoms with Crippen molar-refractivity contribution in [1.82, 2.24) is 4.98 Å². The van der Waals surface area contributed by atoms with Crippen LogP contribution in [0.4, 0.5) is 0 Å². The molecule has 0 amide bonds. The lowest BCUT2D eigenvalue weighted by molar-refractivity contribution is 0.111. The maximum Gasteiger partial charge on any atom is 0.166 e. The summed E-state index contributed by atoms with van der Waals surface area (Å²) in [5, 5.41) is 9.84. The minimum absolute atomic E-state index is 0.215. The van der Waals surface area contributed by atoms with E-state index in [0.717, 1.165) is 19.1 Å². The molecule has 0 saturated heterocycles. The Balaban J connectivity index is 2.08. The lowest BCUT2D eigenvalue weighted by Gasteiger charge is -2.16. The molecule has 1 heterocycles. The number of hydrogen-bond acceptors (Lipinski definition) is 3. The number of aromatic nitrogens is 1. The van der Waals surface area contributed by atoms with Crippen molar-refractivity contribution >= 4 is 6.29 Å². The lowest BCUT2D eigenvalue weighted by atomic mass is 10.0. The van der Waals surface area contributed by atoms with Crippen molar-refractivity contribution in [2.45, 2.75) is 25.0 Å². The van der Waals surface area contributed by atoms with Gasteiger partial charge in [-0.25, -0.2) is 0 Å². The third-order valence-corrected chi connectivity index (χ3v) is 2.71. The van der Waals surface area contributed by atoms with Crippen LogP contribution in [0.25, 0.3) is 0 Å². The summed E-state index contributed by atoms with van der Waals surface area (Å²) in [4.78, 5) is 13.2. The van der Waals surface area contributed by atoms with Crippen LogP contribution in [0.2, 0.25) is 0 Å². The van der Waals surface area contributed by atoms with Crippen molar-refractivity contribution in [3.63, 3.8) is 0 Å². The highest BCUT2D eigenvalue weighted by molar-refractivity contribution is 5.72. The van der Waals surface area contributed by atoms with Gasteiger partial charge in [0.15, 0.2) is 6.29 Å². The van der Waals surface area contributed by atoms with Gasteiger partial charge in [0.25, 0.3) is 0 Å². The van der Waals surface area contributed by atoms with Crippen LogP contribution in [0.1, 0.15) is 35.1 Å². The molecule has 0 aromatic carbocycles. The Kier molecular flexibility index (Phi) is 2.39. The van der Waals surface area contributed by atoms with Gasteiger partial charge in [-0.05, 0) is 30.9 Å². The van der Waals surface area contributed by atoms with Crippen LogP contribution < -0.4 is 5.73 Å². The van der Waals surface area contributed by atoms with Gasteiger partial charge in [0.1, 0.15) is 6.10 Å². The maximum absolute atomic E-state index is 10.4. The van der Waals surface area contributed by atoms with E-state index in [2.05, 4.69) is 4.98 Å². The minimum atomic E-state index is -0.684. The van der Waals surface area contributed by atoms with Gasteiger partial charge in [0.05, 0.1) is 5.69 Å². The third-order valence-electron chi connectivity index (χ3n) is 2.71. The monoisotopic (exact) mass is 194 g/mol. The van der Waals surface area contributed by atoms with Crippen molar-refractivity contribution in [2.75, 3.05) is 0 Å². The number of aliphatic hydroxyl groups is 1. The lowest BCUT2D eigenvalue weighted by Crippen LogP contribution is -2.30. The number of nitrogens with two attached hydrogens (primary N) is 1. The Morgan fingerprint density at radius 2 is 2.29 bits per heavy atom. The van der Waals surface area contributed by atoms with Crippen LogP contribution in [0, 0.1) is 5.92 Å². The second kappa shape index (κ2) is 3.55. The molecule has 1 aromatic rings. The molecule has 2 atom stereocenters. The molecule has 1 aromatic heterocycles. The molecule has 14 heavy (non-hydrogen) atoms. The van der Waals surface area contributed by atoms with Crippen LogP contribution in [0.3, 0.4) is 0 Å². The highest BCUT2D eigenvalue weighted by Crippen LogP contribution is 2.36. The summed E-state index contributed by atoms with van der Waals surface area (Å²) in [6, 6.07) is 3.13. The fourth-order valence-electron chi connectivity index (χ4n) is 1.62. The summed E-state index contributed by atoms with van der Waals surface area (Å²) in [6.45, 7) is 0.